The Morgan fingerprint density at radius 1 is 1.32 bits per heavy atom. The number of nitriles is 1. The molecule has 0 spiro atoms. The highest BCUT2D eigenvalue weighted by Gasteiger charge is 2.23. The third-order valence-electron chi connectivity index (χ3n) is 3.49. The number of hydrogen-bond acceptors (Lipinski definition) is 5. The molecule has 1 aliphatic rings. The van der Waals surface area contributed by atoms with Crippen molar-refractivity contribution in [3.63, 3.8) is 0 Å². The van der Waals surface area contributed by atoms with Crippen molar-refractivity contribution in [3.8, 4) is 6.07 Å². The maximum absolute atomic E-state index is 11.9. The molecule has 0 radical (unpaired) electrons. The van der Waals surface area contributed by atoms with Gasteiger partial charge in [0.2, 0.25) is 11.8 Å². The van der Waals surface area contributed by atoms with E-state index in [0.29, 0.717) is 23.7 Å². The molecule has 0 bridgehead atoms. The fourth-order valence-corrected chi connectivity index (χ4v) is 3.66. The van der Waals surface area contributed by atoms with E-state index in [-0.39, 0.29) is 24.7 Å². The van der Waals surface area contributed by atoms with Gasteiger partial charge in [-0.2, -0.15) is 5.26 Å². The number of nitrogens with zero attached hydrogens (tertiary/aromatic N) is 1. The first-order valence-electron chi connectivity index (χ1n) is 7.25. The first kappa shape index (κ1) is 16.5. The molecule has 0 aliphatic heterocycles. The Labute approximate surface area is 133 Å². The van der Waals surface area contributed by atoms with E-state index in [2.05, 4.69) is 16.7 Å². The quantitative estimate of drug-likeness (QED) is 0.746. The van der Waals surface area contributed by atoms with Gasteiger partial charge >= 0.3 is 0 Å². The third-order valence-corrected chi connectivity index (χ3v) is 4.70. The summed E-state index contributed by atoms with van der Waals surface area (Å²) in [5.74, 6) is -0.417. The zero-order valence-corrected chi connectivity index (χ0v) is 13.3. The summed E-state index contributed by atoms with van der Waals surface area (Å²) < 4.78 is 4.83. The molecule has 2 rings (SSSR count). The van der Waals surface area contributed by atoms with Gasteiger partial charge in [-0.3, -0.25) is 9.59 Å². The van der Waals surface area contributed by atoms with Crippen LogP contribution in [0.1, 0.15) is 35.3 Å². The van der Waals surface area contributed by atoms with E-state index >= 15 is 0 Å². The van der Waals surface area contributed by atoms with Crippen molar-refractivity contribution >= 4 is 28.2 Å². The number of methoxy groups -OCH3 is 1. The van der Waals surface area contributed by atoms with Crippen molar-refractivity contribution < 1.29 is 14.3 Å². The van der Waals surface area contributed by atoms with Crippen LogP contribution in [0.15, 0.2) is 0 Å². The minimum Gasteiger partial charge on any atom is -0.383 e. The second-order valence-corrected chi connectivity index (χ2v) is 6.17. The number of hydrogen-bond donors (Lipinski definition) is 2. The number of anilines is 1. The lowest BCUT2D eigenvalue weighted by Crippen LogP contribution is -2.27. The summed E-state index contributed by atoms with van der Waals surface area (Å²) in [6.07, 6.45) is 3.19. The molecule has 1 aromatic heterocycles. The number of thiophene rings is 1. The average molecular weight is 321 g/mol. The van der Waals surface area contributed by atoms with Gasteiger partial charge in [0.15, 0.2) is 0 Å². The number of rotatable bonds is 7. The van der Waals surface area contributed by atoms with Gasteiger partial charge in [-0.1, -0.05) is 0 Å². The fraction of sp³-hybridized carbons (Fsp3) is 0.533. The number of carbonyl (C=O) groups is 2. The first-order chi connectivity index (χ1) is 10.7. The van der Waals surface area contributed by atoms with Crippen molar-refractivity contribution in [1.82, 2.24) is 5.32 Å². The van der Waals surface area contributed by atoms with Gasteiger partial charge in [0.05, 0.1) is 12.2 Å². The van der Waals surface area contributed by atoms with Gasteiger partial charge in [-0.25, -0.2) is 0 Å². The molecule has 0 unspecified atom stereocenters. The molecule has 7 heteroatoms. The lowest BCUT2D eigenvalue weighted by molar-refractivity contribution is -0.124. The molecular formula is C15H19N3O3S. The minimum absolute atomic E-state index is 0.103. The van der Waals surface area contributed by atoms with Gasteiger partial charge in [-0.15, -0.1) is 11.3 Å². The molecule has 2 N–H and O–H groups in total. The van der Waals surface area contributed by atoms with Crippen LogP contribution >= 0.6 is 11.3 Å². The van der Waals surface area contributed by atoms with E-state index in [1.165, 1.54) is 16.2 Å². The van der Waals surface area contributed by atoms with Gasteiger partial charge < -0.3 is 15.4 Å². The Balaban J connectivity index is 1.83. The maximum atomic E-state index is 11.9. The Morgan fingerprint density at radius 3 is 2.82 bits per heavy atom. The first-order valence-corrected chi connectivity index (χ1v) is 8.07. The number of nitrogens with one attached hydrogen (secondary N) is 2. The van der Waals surface area contributed by atoms with Crippen molar-refractivity contribution in [2.75, 3.05) is 25.6 Å². The summed E-state index contributed by atoms with van der Waals surface area (Å²) in [5.41, 5.74) is 1.68. The van der Waals surface area contributed by atoms with Crippen LogP contribution in [0.2, 0.25) is 0 Å². The van der Waals surface area contributed by atoms with E-state index in [4.69, 9.17) is 4.74 Å². The average Bonchev–Trinajstić information content (AvgIpc) is 3.05. The van der Waals surface area contributed by atoms with E-state index in [0.717, 1.165) is 24.8 Å². The minimum atomic E-state index is -0.238. The molecule has 1 heterocycles. The van der Waals surface area contributed by atoms with E-state index < -0.39 is 0 Å². The summed E-state index contributed by atoms with van der Waals surface area (Å²) in [4.78, 5) is 24.6. The molecule has 0 saturated heterocycles. The van der Waals surface area contributed by atoms with Gasteiger partial charge in [0.1, 0.15) is 11.1 Å². The molecular weight excluding hydrogens is 302 g/mol. The number of fused-ring (bicyclic) bond motifs is 1. The molecule has 0 saturated carbocycles. The molecule has 22 heavy (non-hydrogen) atoms. The largest absolute Gasteiger partial charge is 0.383 e. The molecule has 1 aliphatic carbocycles. The second kappa shape index (κ2) is 7.92. The Kier molecular flexibility index (Phi) is 5.92. The van der Waals surface area contributed by atoms with Crippen LogP contribution in [0.4, 0.5) is 5.00 Å². The Hall–Kier alpha value is -1.91. The summed E-state index contributed by atoms with van der Waals surface area (Å²) in [6.45, 7) is 0.886. The third kappa shape index (κ3) is 4.06. The normalized spacial score (nSPS) is 12.5. The maximum Gasteiger partial charge on any atom is 0.225 e. The Bertz CT molecular complexity index is 604. The van der Waals surface area contributed by atoms with Crippen LogP contribution in [0.3, 0.4) is 0 Å². The summed E-state index contributed by atoms with van der Waals surface area (Å²) in [6, 6.07) is 2.18. The van der Waals surface area contributed by atoms with Gasteiger partial charge in [0, 0.05) is 31.4 Å². The lowest BCUT2D eigenvalue weighted by Gasteiger charge is -2.05. The van der Waals surface area contributed by atoms with Gasteiger partial charge in [0.25, 0.3) is 0 Å². The molecule has 0 aromatic carbocycles. The smallest absolute Gasteiger partial charge is 0.225 e. The summed E-state index contributed by atoms with van der Waals surface area (Å²) >= 11 is 1.48. The molecule has 0 fully saturated rings. The highest BCUT2D eigenvalue weighted by molar-refractivity contribution is 7.16. The van der Waals surface area contributed by atoms with Crippen LogP contribution in [0, 0.1) is 11.3 Å². The van der Waals surface area contributed by atoms with E-state index in [1.807, 2.05) is 0 Å². The summed E-state index contributed by atoms with van der Waals surface area (Å²) in [7, 11) is 1.56. The van der Waals surface area contributed by atoms with Crippen molar-refractivity contribution in [3.05, 3.63) is 16.0 Å². The second-order valence-electron chi connectivity index (χ2n) is 5.06. The predicted octanol–water partition coefficient (Wildman–Crippen LogP) is 1.59. The standard InChI is InChI=1S/C15H19N3O3S/c1-21-8-7-17-13(19)5-6-14(20)18-15-11(9-16)10-3-2-4-12(10)22-15/h2-8H2,1H3,(H,17,19)(H,18,20). The number of carbonyl (C=O) groups excluding carboxylic acids is 2. The van der Waals surface area contributed by atoms with Crippen molar-refractivity contribution in [2.45, 2.75) is 32.1 Å². The molecule has 0 atom stereocenters. The molecule has 2 amide bonds. The number of aryl methyl sites for hydroxylation is 1. The topological polar surface area (TPSA) is 91.2 Å². The van der Waals surface area contributed by atoms with E-state index in [1.54, 1.807) is 7.11 Å². The van der Waals surface area contributed by atoms with E-state index in [9.17, 15) is 14.9 Å². The highest BCUT2D eigenvalue weighted by atomic mass is 32.1. The van der Waals surface area contributed by atoms with Crippen molar-refractivity contribution in [1.29, 1.82) is 5.26 Å². The van der Waals surface area contributed by atoms with Crippen LogP contribution in [-0.2, 0) is 27.2 Å². The van der Waals surface area contributed by atoms with Crippen LogP contribution in [0.5, 0.6) is 0 Å². The predicted molar refractivity (Wildman–Crippen MR) is 83.8 cm³/mol. The molecule has 6 nitrogen and oxygen atoms in total. The monoisotopic (exact) mass is 321 g/mol. The van der Waals surface area contributed by atoms with Crippen LogP contribution in [-0.4, -0.2) is 32.1 Å². The lowest BCUT2D eigenvalue weighted by atomic mass is 10.1. The van der Waals surface area contributed by atoms with Crippen molar-refractivity contribution in [2.24, 2.45) is 0 Å². The van der Waals surface area contributed by atoms with Gasteiger partial charge in [-0.05, 0) is 24.8 Å². The summed E-state index contributed by atoms with van der Waals surface area (Å²) in [5, 5.41) is 15.3. The van der Waals surface area contributed by atoms with Crippen LogP contribution in [0.25, 0.3) is 0 Å². The zero-order chi connectivity index (χ0) is 15.9. The molecule has 118 valence electrons. The SMILES string of the molecule is COCCNC(=O)CCC(=O)Nc1sc2c(c1C#N)CCC2. The van der Waals surface area contributed by atoms with Crippen LogP contribution < -0.4 is 10.6 Å². The number of ether oxygens (including phenoxy) is 1. The highest BCUT2D eigenvalue weighted by Crippen LogP contribution is 2.38. The number of amides is 2. The molecule has 1 aromatic rings. The Morgan fingerprint density at radius 2 is 2.09 bits per heavy atom. The zero-order valence-electron chi connectivity index (χ0n) is 12.5. The fourth-order valence-electron chi connectivity index (χ4n) is 2.41.